The van der Waals surface area contributed by atoms with Crippen LogP contribution < -0.4 is 40.9 Å². The van der Waals surface area contributed by atoms with Gasteiger partial charge in [0.1, 0.15) is 18.3 Å². The Morgan fingerprint density at radius 3 is 2.76 bits per heavy atom. The van der Waals surface area contributed by atoms with Gasteiger partial charge >= 0.3 is 37.4 Å². The predicted octanol–water partition coefficient (Wildman–Crippen LogP) is -5.45. The van der Waals surface area contributed by atoms with Gasteiger partial charge in [-0.25, -0.2) is 9.55 Å². The second-order valence-electron chi connectivity index (χ2n) is 5.11. The maximum absolute atomic E-state index is 11.7. The number of nitrogens with one attached hydrogen (secondary N) is 1. The summed E-state index contributed by atoms with van der Waals surface area (Å²) < 4.78 is 21.6. The number of phosphoric ester groups is 1. The van der Waals surface area contributed by atoms with Crippen LogP contribution in [0.5, 0.6) is 0 Å². The molecule has 3 rings (SSSR count). The smallest absolute Gasteiger partial charge is 1.00 e. The molecule has 2 aromatic rings. The van der Waals surface area contributed by atoms with Crippen molar-refractivity contribution < 1.29 is 64.8 Å². The minimum Gasteiger partial charge on any atom is -1.00 e. The van der Waals surface area contributed by atoms with Gasteiger partial charge in [-0.2, -0.15) is 4.98 Å². The second kappa shape index (κ2) is 7.40. The molecule has 1 aliphatic rings. The topological polar surface area (TPSA) is 206 Å². The van der Waals surface area contributed by atoms with Gasteiger partial charge in [0.15, 0.2) is 17.4 Å². The van der Waals surface area contributed by atoms with E-state index in [0.29, 0.717) is 0 Å². The van der Waals surface area contributed by atoms with Crippen LogP contribution in [0.4, 0.5) is 5.95 Å². The fraction of sp³-hybridized carbons (Fsp3) is 0.500. The molecule has 0 radical (unpaired) electrons. The number of nitrogens with two attached hydrogens (primary N) is 1. The van der Waals surface area contributed by atoms with Crippen LogP contribution in [0.2, 0.25) is 0 Å². The standard InChI is InChI=1S/C10H14N5O8P.Na.H/c11-10-13-7-4(8(18)14-10)12-2-15(7)9-6(17)5(16)3(23-9)1-22-24(19,20)21;;/h2-3,5-6,9,16-17H,1H2,(H2,19,20,21)(H3,11,13,14,18);;/q;+1;-1/t3-,5?,6?,9-;;/m1../s1. The third kappa shape index (κ3) is 4.11. The fourth-order valence-corrected chi connectivity index (χ4v) is 2.74. The molecule has 2 unspecified atom stereocenters. The molecule has 1 aliphatic heterocycles. The van der Waals surface area contributed by atoms with Crippen molar-refractivity contribution in [1.29, 1.82) is 0 Å². The number of phosphoric acid groups is 1. The van der Waals surface area contributed by atoms with Gasteiger partial charge in [0.25, 0.3) is 5.56 Å². The number of H-pyrrole nitrogens is 1. The van der Waals surface area contributed by atoms with E-state index in [9.17, 15) is 19.6 Å². The summed E-state index contributed by atoms with van der Waals surface area (Å²) in [4.78, 5) is 39.1. The molecule has 0 aromatic carbocycles. The molecule has 134 valence electrons. The van der Waals surface area contributed by atoms with E-state index in [2.05, 4.69) is 19.5 Å². The molecule has 1 saturated heterocycles. The van der Waals surface area contributed by atoms with Gasteiger partial charge in [0.2, 0.25) is 5.95 Å². The molecule has 3 heterocycles. The number of hydrogen-bond donors (Lipinski definition) is 6. The molecule has 1 fully saturated rings. The van der Waals surface area contributed by atoms with Crippen molar-refractivity contribution in [2.75, 3.05) is 12.3 Å². The van der Waals surface area contributed by atoms with Crippen LogP contribution in [-0.2, 0) is 13.8 Å². The Hall–Kier alpha value is -0.860. The summed E-state index contributed by atoms with van der Waals surface area (Å²) >= 11 is 0. The van der Waals surface area contributed by atoms with Crippen LogP contribution >= 0.6 is 7.82 Å². The van der Waals surface area contributed by atoms with Crippen LogP contribution in [0.15, 0.2) is 11.1 Å². The summed E-state index contributed by atoms with van der Waals surface area (Å²) in [7, 11) is -4.76. The van der Waals surface area contributed by atoms with E-state index in [1.54, 1.807) is 0 Å². The number of anilines is 1. The molecule has 0 amide bonds. The quantitative estimate of drug-likeness (QED) is 0.215. The number of aliphatic hydroxyl groups is 2. The second-order valence-corrected chi connectivity index (χ2v) is 6.35. The van der Waals surface area contributed by atoms with E-state index < -0.39 is 44.5 Å². The van der Waals surface area contributed by atoms with Crippen molar-refractivity contribution in [3.8, 4) is 0 Å². The minimum absolute atomic E-state index is 0. The van der Waals surface area contributed by atoms with Crippen LogP contribution in [0.3, 0.4) is 0 Å². The van der Waals surface area contributed by atoms with Gasteiger partial charge in [-0.05, 0) is 0 Å². The Morgan fingerprint density at radius 2 is 2.12 bits per heavy atom. The molecule has 4 atom stereocenters. The van der Waals surface area contributed by atoms with Crippen molar-refractivity contribution in [2.24, 2.45) is 0 Å². The first kappa shape index (κ1) is 20.5. The van der Waals surface area contributed by atoms with Crippen molar-refractivity contribution in [2.45, 2.75) is 24.5 Å². The van der Waals surface area contributed by atoms with E-state index in [1.807, 2.05) is 0 Å². The number of aromatic amines is 1. The predicted molar refractivity (Wildman–Crippen MR) is 77.6 cm³/mol. The first-order valence-electron chi connectivity index (χ1n) is 6.61. The molecule has 2 aromatic heterocycles. The van der Waals surface area contributed by atoms with E-state index in [1.165, 1.54) is 10.9 Å². The zero-order chi connectivity index (χ0) is 17.6. The zero-order valence-corrected chi connectivity index (χ0v) is 15.8. The first-order chi connectivity index (χ1) is 11.2. The van der Waals surface area contributed by atoms with E-state index in [-0.39, 0.29) is 48.1 Å². The molecule has 7 N–H and O–H groups in total. The van der Waals surface area contributed by atoms with Crippen molar-refractivity contribution >= 4 is 24.9 Å². The normalized spacial score (nSPS) is 26.7. The zero-order valence-electron chi connectivity index (χ0n) is 13.9. The fourth-order valence-electron chi connectivity index (χ4n) is 2.40. The molecular formula is C10H15N5NaO8P. The van der Waals surface area contributed by atoms with E-state index in [0.717, 1.165) is 0 Å². The van der Waals surface area contributed by atoms with Gasteiger partial charge < -0.3 is 31.9 Å². The van der Waals surface area contributed by atoms with Crippen molar-refractivity contribution in [3.05, 3.63) is 16.7 Å². The number of hydrogen-bond acceptors (Lipinski definition) is 9. The summed E-state index contributed by atoms with van der Waals surface area (Å²) in [5.74, 6) is -0.177. The van der Waals surface area contributed by atoms with Crippen LogP contribution in [0, 0.1) is 0 Å². The Bertz CT molecular complexity index is 873. The Morgan fingerprint density at radius 1 is 1.44 bits per heavy atom. The Kier molecular flexibility index (Phi) is 6.06. The van der Waals surface area contributed by atoms with Crippen molar-refractivity contribution in [3.63, 3.8) is 0 Å². The molecule has 0 aliphatic carbocycles. The van der Waals surface area contributed by atoms with Gasteiger partial charge in [0.05, 0.1) is 12.9 Å². The number of ether oxygens (including phenoxy) is 1. The van der Waals surface area contributed by atoms with Gasteiger partial charge in [-0.15, -0.1) is 0 Å². The van der Waals surface area contributed by atoms with E-state index >= 15 is 0 Å². The monoisotopic (exact) mass is 387 g/mol. The number of fused-ring (bicyclic) bond motifs is 1. The summed E-state index contributed by atoms with van der Waals surface area (Å²) in [5, 5.41) is 20.1. The Balaban J connectivity index is 0.00000169. The summed E-state index contributed by atoms with van der Waals surface area (Å²) in [6, 6.07) is 0. The molecular weight excluding hydrogens is 372 g/mol. The average molecular weight is 387 g/mol. The number of imidazole rings is 1. The maximum atomic E-state index is 11.7. The molecule has 25 heavy (non-hydrogen) atoms. The molecule has 13 nitrogen and oxygen atoms in total. The van der Waals surface area contributed by atoms with Crippen LogP contribution in [0.1, 0.15) is 7.65 Å². The number of nitrogens with zero attached hydrogens (tertiary/aromatic N) is 3. The molecule has 15 heteroatoms. The van der Waals surface area contributed by atoms with E-state index in [4.69, 9.17) is 20.3 Å². The average Bonchev–Trinajstić information content (AvgIpc) is 3.00. The van der Waals surface area contributed by atoms with Gasteiger partial charge in [-0.3, -0.25) is 18.9 Å². The third-order valence-corrected chi connectivity index (χ3v) is 3.95. The number of nitrogen functional groups attached to an aromatic ring is 1. The Labute approximate surface area is 162 Å². The molecule has 0 saturated carbocycles. The van der Waals surface area contributed by atoms with Gasteiger partial charge in [0, 0.05) is 0 Å². The summed E-state index contributed by atoms with van der Waals surface area (Å²) in [6.07, 6.45) is -4.22. The third-order valence-electron chi connectivity index (χ3n) is 3.47. The number of aromatic nitrogens is 4. The minimum atomic E-state index is -4.76. The van der Waals surface area contributed by atoms with Crippen LogP contribution in [0.25, 0.3) is 11.2 Å². The molecule has 0 spiro atoms. The van der Waals surface area contributed by atoms with Gasteiger partial charge in [-0.1, -0.05) is 0 Å². The van der Waals surface area contributed by atoms with Crippen LogP contribution in [-0.4, -0.2) is 64.4 Å². The SMILES string of the molecule is Nc1nc2c(ncn2[C@@H]2O[C@H](COP(=O)(O)O)C(O)C2O)c(=O)[nH]1.[H-].[Na+]. The summed E-state index contributed by atoms with van der Waals surface area (Å²) in [6.45, 7) is -0.651. The molecule has 0 bridgehead atoms. The number of rotatable bonds is 4. The largest absolute Gasteiger partial charge is 1.00 e. The maximum Gasteiger partial charge on any atom is 1.00 e. The number of aliphatic hydroxyl groups excluding tert-OH is 2. The first-order valence-corrected chi connectivity index (χ1v) is 8.14. The summed E-state index contributed by atoms with van der Waals surface area (Å²) in [5.41, 5.74) is 4.84. The van der Waals surface area contributed by atoms with Crippen molar-refractivity contribution in [1.82, 2.24) is 19.5 Å².